The van der Waals surface area contributed by atoms with Crippen molar-refractivity contribution in [2.45, 2.75) is 6.92 Å². The molecule has 1 N–H and O–H groups in total. The number of likely N-dealkylation sites (N-methyl/N-ethyl adjacent to an activating group) is 1. The summed E-state index contributed by atoms with van der Waals surface area (Å²) >= 11 is 0. The first-order chi connectivity index (χ1) is 15.5. The van der Waals surface area contributed by atoms with Gasteiger partial charge < -0.3 is 24.6 Å². The number of anilines is 4. The highest BCUT2D eigenvalue weighted by Gasteiger charge is 2.25. The van der Waals surface area contributed by atoms with Crippen LogP contribution in [0.15, 0.2) is 41.2 Å². The maximum absolute atomic E-state index is 12.8. The molecule has 2 aromatic carbocycles. The highest BCUT2D eigenvalue weighted by molar-refractivity contribution is 5.99. The number of piperazine rings is 1. The molecule has 2 aliphatic heterocycles. The average molecular weight is 429 g/mol. The van der Waals surface area contributed by atoms with Gasteiger partial charge in [-0.15, -0.1) is 0 Å². The molecule has 0 radical (unpaired) electrons. The Kier molecular flexibility index (Phi) is 5.03. The summed E-state index contributed by atoms with van der Waals surface area (Å²) in [4.78, 5) is 19.7. The second-order valence-electron chi connectivity index (χ2n) is 8.71. The number of rotatable bonds is 2. The lowest BCUT2D eigenvalue weighted by Gasteiger charge is -2.38. The van der Waals surface area contributed by atoms with Crippen molar-refractivity contribution in [2.75, 3.05) is 61.0 Å². The van der Waals surface area contributed by atoms with Crippen molar-refractivity contribution in [3.05, 3.63) is 57.9 Å². The Morgan fingerprint density at radius 3 is 2.47 bits per heavy atom. The SMILES string of the molecule is Cc1cc2c(N3CCN(C)c4ccc(C#N)cc43)cc(N3CCNCC3)cc2n(C)c1=O. The van der Waals surface area contributed by atoms with E-state index < -0.39 is 0 Å². The molecule has 1 fully saturated rings. The van der Waals surface area contributed by atoms with E-state index >= 15 is 0 Å². The fourth-order valence-corrected chi connectivity index (χ4v) is 4.89. The van der Waals surface area contributed by atoms with Gasteiger partial charge in [0.15, 0.2) is 0 Å². The zero-order valence-electron chi connectivity index (χ0n) is 18.9. The summed E-state index contributed by atoms with van der Waals surface area (Å²) in [6.07, 6.45) is 0. The molecule has 0 spiro atoms. The molecule has 0 saturated carbocycles. The number of nitrogens with one attached hydrogen (secondary N) is 1. The maximum Gasteiger partial charge on any atom is 0.253 e. The molecule has 32 heavy (non-hydrogen) atoms. The number of fused-ring (bicyclic) bond motifs is 2. The van der Waals surface area contributed by atoms with Gasteiger partial charge in [0.2, 0.25) is 0 Å². The second-order valence-corrected chi connectivity index (χ2v) is 8.71. The minimum absolute atomic E-state index is 0.0338. The van der Waals surface area contributed by atoms with Crippen molar-refractivity contribution in [3.63, 3.8) is 0 Å². The number of aryl methyl sites for hydroxylation is 2. The van der Waals surface area contributed by atoms with Crippen molar-refractivity contribution in [1.29, 1.82) is 5.26 Å². The first-order valence-corrected chi connectivity index (χ1v) is 11.1. The molecule has 5 rings (SSSR count). The largest absolute Gasteiger partial charge is 0.371 e. The molecule has 1 aromatic heterocycles. The van der Waals surface area contributed by atoms with Crippen LogP contribution < -0.4 is 25.6 Å². The number of aromatic nitrogens is 1. The average Bonchev–Trinajstić information content (AvgIpc) is 2.83. The van der Waals surface area contributed by atoms with Crippen LogP contribution in [-0.2, 0) is 7.05 Å². The van der Waals surface area contributed by atoms with Gasteiger partial charge in [-0.2, -0.15) is 5.26 Å². The summed E-state index contributed by atoms with van der Waals surface area (Å²) in [5, 5.41) is 14.0. The molecular weight excluding hydrogens is 400 g/mol. The third-order valence-electron chi connectivity index (χ3n) is 6.72. The molecule has 3 aromatic rings. The Balaban J connectivity index is 1.77. The number of pyridine rings is 1. The summed E-state index contributed by atoms with van der Waals surface area (Å²) in [7, 11) is 3.94. The van der Waals surface area contributed by atoms with Crippen LogP contribution in [0.2, 0.25) is 0 Å². The van der Waals surface area contributed by atoms with Gasteiger partial charge in [0.25, 0.3) is 5.56 Å². The quantitative estimate of drug-likeness (QED) is 0.677. The smallest absolute Gasteiger partial charge is 0.253 e. The third kappa shape index (κ3) is 3.28. The summed E-state index contributed by atoms with van der Waals surface area (Å²) in [5.41, 5.74) is 6.70. The van der Waals surface area contributed by atoms with Gasteiger partial charge in [-0.3, -0.25) is 4.79 Å². The van der Waals surface area contributed by atoms with Gasteiger partial charge in [-0.1, -0.05) is 0 Å². The monoisotopic (exact) mass is 428 g/mol. The van der Waals surface area contributed by atoms with Crippen LogP contribution in [0, 0.1) is 18.3 Å². The van der Waals surface area contributed by atoms with Gasteiger partial charge in [0.05, 0.1) is 34.2 Å². The van der Waals surface area contributed by atoms with Gasteiger partial charge >= 0.3 is 0 Å². The topological polar surface area (TPSA) is 67.5 Å². The minimum Gasteiger partial charge on any atom is -0.371 e. The van der Waals surface area contributed by atoms with Gasteiger partial charge in [0.1, 0.15) is 0 Å². The molecule has 164 valence electrons. The Bertz CT molecular complexity index is 1300. The first kappa shape index (κ1) is 20.4. The van der Waals surface area contributed by atoms with Crippen molar-refractivity contribution in [1.82, 2.24) is 9.88 Å². The molecule has 0 amide bonds. The molecule has 3 heterocycles. The molecule has 1 saturated heterocycles. The summed E-state index contributed by atoms with van der Waals surface area (Å²) in [5.74, 6) is 0. The number of benzene rings is 2. The van der Waals surface area contributed by atoms with E-state index in [-0.39, 0.29) is 5.56 Å². The predicted octanol–water partition coefficient (Wildman–Crippen LogP) is 2.72. The second kappa shape index (κ2) is 7.88. The van der Waals surface area contributed by atoms with E-state index in [1.807, 2.05) is 38.2 Å². The molecule has 7 heteroatoms. The summed E-state index contributed by atoms with van der Waals surface area (Å²) in [6, 6.07) is 14.6. The van der Waals surface area contributed by atoms with Gasteiger partial charge in [0, 0.05) is 70.0 Å². The van der Waals surface area contributed by atoms with Crippen molar-refractivity contribution in [2.24, 2.45) is 7.05 Å². The van der Waals surface area contributed by atoms with E-state index in [0.29, 0.717) is 5.56 Å². The molecule has 0 atom stereocenters. The number of hydrogen-bond donors (Lipinski definition) is 1. The third-order valence-corrected chi connectivity index (χ3v) is 6.72. The van der Waals surface area contributed by atoms with E-state index in [2.05, 4.69) is 45.3 Å². The summed E-state index contributed by atoms with van der Waals surface area (Å²) in [6.45, 7) is 7.32. The Hall–Kier alpha value is -3.50. The lowest BCUT2D eigenvalue weighted by molar-refractivity contribution is 0.589. The van der Waals surface area contributed by atoms with Gasteiger partial charge in [-0.05, 0) is 43.3 Å². The van der Waals surface area contributed by atoms with Crippen LogP contribution in [0.3, 0.4) is 0 Å². The van der Waals surface area contributed by atoms with E-state index in [1.54, 1.807) is 4.57 Å². The molecule has 2 aliphatic rings. The van der Waals surface area contributed by atoms with Crippen LogP contribution in [0.4, 0.5) is 22.7 Å². The summed E-state index contributed by atoms with van der Waals surface area (Å²) < 4.78 is 1.77. The van der Waals surface area contributed by atoms with E-state index in [0.717, 1.165) is 78.5 Å². The maximum atomic E-state index is 12.8. The van der Waals surface area contributed by atoms with Crippen molar-refractivity contribution in [3.8, 4) is 6.07 Å². The Morgan fingerprint density at radius 1 is 0.938 bits per heavy atom. The van der Waals surface area contributed by atoms with Crippen LogP contribution in [-0.4, -0.2) is 50.9 Å². The predicted molar refractivity (Wildman–Crippen MR) is 130 cm³/mol. The van der Waals surface area contributed by atoms with Crippen LogP contribution in [0.1, 0.15) is 11.1 Å². The fourth-order valence-electron chi connectivity index (χ4n) is 4.89. The van der Waals surface area contributed by atoms with Crippen LogP contribution in [0.25, 0.3) is 10.9 Å². The van der Waals surface area contributed by atoms with E-state index in [1.165, 1.54) is 0 Å². The lowest BCUT2D eigenvalue weighted by Crippen LogP contribution is -2.43. The molecule has 0 aliphatic carbocycles. The number of nitriles is 1. The molecule has 7 nitrogen and oxygen atoms in total. The number of nitrogens with zero attached hydrogens (tertiary/aromatic N) is 5. The zero-order valence-corrected chi connectivity index (χ0v) is 18.9. The number of hydrogen-bond acceptors (Lipinski definition) is 6. The van der Waals surface area contributed by atoms with Crippen LogP contribution >= 0.6 is 0 Å². The standard InChI is InChI=1S/C25H28N6O/c1-17-12-20-22(29(3)25(17)32)14-19(30-8-6-27-7-9-30)15-23(20)31-11-10-28(2)21-5-4-18(16-26)13-24(21)31/h4-5,12-15,27H,6-11H2,1-3H3. The molecule has 0 unspecified atom stereocenters. The Labute approximate surface area is 188 Å². The Morgan fingerprint density at radius 2 is 1.72 bits per heavy atom. The van der Waals surface area contributed by atoms with Crippen molar-refractivity contribution < 1.29 is 0 Å². The molecule has 0 bridgehead atoms. The minimum atomic E-state index is 0.0338. The van der Waals surface area contributed by atoms with E-state index in [4.69, 9.17) is 0 Å². The lowest BCUT2D eigenvalue weighted by atomic mass is 10.0. The zero-order chi connectivity index (χ0) is 22.4. The van der Waals surface area contributed by atoms with Crippen LogP contribution in [0.5, 0.6) is 0 Å². The first-order valence-electron chi connectivity index (χ1n) is 11.1. The van der Waals surface area contributed by atoms with Crippen molar-refractivity contribution >= 4 is 33.7 Å². The fraction of sp³-hybridized carbons (Fsp3) is 0.360. The highest BCUT2D eigenvalue weighted by atomic mass is 16.1. The van der Waals surface area contributed by atoms with E-state index in [9.17, 15) is 10.1 Å². The molecular formula is C25H28N6O. The van der Waals surface area contributed by atoms with Gasteiger partial charge in [-0.25, -0.2) is 0 Å². The normalized spacial score (nSPS) is 16.2. The highest BCUT2D eigenvalue weighted by Crippen LogP contribution is 2.42.